The summed E-state index contributed by atoms with van der Waals surface area (Å²) in [5.41, 5.74) is 0. The van der Waals surface area contributed by atoms with Crippen LogP contribution in [-0.4, -0.2) is 8.42 Å². The molecule has 1 aromatic rings. The summed E-state index contributed by atoms with van der Waals surface area (Å²) < 4.78 is 33.1. The fourth-order valence-corrected chi connectivity index (χ4v) is 1.88. The van der Waals surface area contributed by atoms with Crippen molar-refractivity contribution >= 4 is 33.4 Å². The predicted octanol–water partition coefficient (Wildman–Crippen LogP) is 2.65. The average molecular weight is 229 g/mol. The molecule has 0 aliphatic heterocycles. The van der Waals surface area contributed by atoms with Crippen LogP contribution in [0.3, 0.4) is 0 Å². The van der Waals surface area contributed by atoms with Crippen molar-refractivity contribution in [1.29, 1.82) is 0 Å². The molecular weight excluding hydrogens is 226 g/mol. The topological polar surface area (TPSA) is 34.1 Å². The van der Waals surface area contributed by atoms with Gasteiger partial charge in [0, 0.05) is 5.02 Å². The Bertz CT molecular complexity index is 402. The lowest BCUT2D eigenvalue weighted by molar-refractivity contribution is 0.552. The fraction of sp³-hybridized carbons (Fsp3) is 0. The van der Waals surface area contributed by atoms with Gasteiger partial charge in [-0.15, -0.1) is 3.89 Å². The Kier molecular flexibility index (Phi) is 2.61. The van der Waals surface area contributed by atoms with Gasteiger partial charge >= 0.3 is 10.2 Å². The van der Waals surface area contributed by atoms with E-state index in [2.05, 4.69) is 0 Å². The van der Waals surface area contributed by atoms with Crippen LogP contribution in [0.4, 0.5) is 3.89 Å². The second kappa shape index (κ2) is 3.20. The van der Waals surface area contributed by atoms with Gasteiger partial charge in [0.1, 0.15) is 4.90 Å². The number of hydrogen-bond acceptors (Lipinski definition) is 2. The first-order valence-corrected chi connectivity index (χ1v) is 4.95. The molecule has 12 heavy (non-hydrogen) atoms. The molecule has 0 aromatic heterocycles. The van der Waals surface area contributed by atoms with Gasteiger partial charge in [-0.25, -0.2) is 0 Å². The standard InChI is InChI=1S/C6H3Cl2FO2S/c7-4-1-2-6(5(8)3-4)12(9,10)11/h1-3H. The van der Waals surface area contributed by atoms with Gasteiger partial charge in [-0.1, -0.05) is 23.2 Å². The Hall–Kier alpha value is -0.320. The first-order chi connectivity index (χ1) is 5.41. The third-order valence-corrected chi connectivity index (χ3v) is 2.70. The summed E-state index contributed by atoms with van der Waals surface area (Å²) in [5.74, 6) is 0. The highest BCUT2D eigenvalue weighted by Gasteiger charge is 2.15. The van der Waals surface area contributed by atoms with E-state index < -0.39 is 15.1 Å². The smallest absolute Gasteiger partial charge is 0.189 e. The van der Waals surface area contributed by atoms with Crippen molar-refractivity contribution in [2.45, 2.75) is 4.90 Å². The van der Waals surface area contributed by atoms with Crippen LogP contribution < -0.4 is 0 Å². The van der Waals surface area contributed by atoms with Gasteiger partial charge in [0.2, 0.25) is 0 Å². The molecule has 1 aromatic carbocycles. The fourth-order valence-electron chi connectivity index (χ4n) is 0.673. The summed E-state index contributed by atoms with van der Waals surface area (Å²) in [4.78, 5) is -0.562. The molecule has 0 radical (unpaired) electrons. The molecule has 0 unspecified atom stereocenters. The largest absolute Gasteiger partial charge is 0.333 e. The summed E-state index contributed by atoms with van der Waals surface area (Å²) in [6, 6.07) is 3.43. The van der Waals surface area contributed by atoms with Crippen LogP contribution >= 0.6 is 23.2 Å². The molecule has 0 fully saturated rings. The molecule has 66 valence electrons. The van der Waals surface area contributed by atoms with Crippen molar-refractivity contribution < 1.29 is 12.3 Å². The van der Waals surface area contributed by atoms with E-state index in [1.807, 2.05) is 0 Å². The van der Waals surface area contributed by atoms with Gasteiger partial charge in [-0.2, -0.15) is 8.42 Å². The maximum Gasteiger partial charge on any atom is 0.333 e. The minimum Gasteiger partial charge on any atom is -0.189 e. The van der Waals surface area contributed by atoms with Crippen LogP contribution in [0.2, 0.25) is 10.0 Å². The lowest BCUT2D eigenvalue weighted by atomic mass is 10.4. The van der Waals surface area contributed by atoms with Crippen LogP contribution in [-0.2, 0) is 10.2 Å². The summed E-state index contributed by atoms with van der Waals surface area (Å²) in [5, 5.41) is 0.0393. The van der Waals surface area contributed by atoms with E-state index >= 15 is 0 Å². The van der Waals surface area contributed by atoms with Gasteiger partial charge in [0.05, 0.1) is 5.02 Å². The predicted molar refractivity (Wildman–Crippen MR) is 44.8 cm³/mol. The molecule has 0 aliphatic rings. The quantitative estimate of drug-likeness (QED) is 0.693. The van der Waals surface area contributed by atoms with Crippen LogP contribution in [0.5, 0.6) is 0 Å². The Labute approximate surface area is 79.1 Å². The zero-order valence-corrected chi connectivity index (χ0v) is 7.92. The molecule has 0 heterocycles. The second-order valence-corrected chi connectivity index (χ2v) is 4.17. The number of halogens is 3. The van der Waals surface area contributed by atoms with Crippen molar-refractivity contribution in [3.8, 4) is 0 Å². The minimum absolute atomic E-state index is 0.218. The average Bonchev–Trinajstić information content (AvgIpc) is 1.83. The molecule has 0 bridgehead atoms. The van der Waals surface area contributed by atoms with E-state index in [1.54, 1.807) is 0 Å². The van der Waals surface area contributed by atoms with Crippen LogP contribution in [0.1, 0.15) is 0 Å². The zero-order chi connectivity index (χ0) is 9.35. The maximum absolute atomic E-state index is 12.4. The zero-order valence-electron chi connectivity index (χ0n) is 5.59. The Morgan fingerprint density at radius 1 is 1.25 bits per heavy atom. The molecular formula is C6H3Cl2FO2S. The Balaban J connectivity index is 3.39. The van der Waals surface area contributed by atoms with Gasteiger partial charge < -0.3 is 0 Å². The first kappa shape index (κ1) is 9.77. The van der Waals surface area contributed by atoms with Gasteiger partial charge in [-0.05, 0) is 18.2 Å². The maximum atomic E-state index is 12.4. The number of hydrogen-bond donors (Lipinski definition) is 0. The van der Waals surface area contributed by atoms with Crippen molar-refractivity contribution in [1.82, 2.24) is 0 Å². The van der Waals surface area contributed by atoms with Crippen molar-refractivity contribution in [3.05, 3.63) is 28.2 Å². The third-order valence-electron chi connectivity index (χ3n) is 1.16. The molecule has 0 N–H and O–H groups in total. The number of benzene rings is 1. The highest BCUT2D eigenvalue weighted by molar-refractivity contribution is 7.86. The van der Waals surface area contributed by atoms with E-state index in [0.29, 0.717) is 0 Å². The van der Waals surface area contributed by atoms with Crippen LogP contribution in [0, 0.1) is 0 Å². The molecule has 0 spiro atoms. The third kappa shape index (κ3) is 2.09. The molecule has 2 nitrogen and oxygen atoms in total. The van der Waals surface area contributed by atoms with Crippen molar-refractivity contribution in [2.75, 3.05) is 0 Å². The van der Waals surface area contributed by atoms with Crippen LogP contribution in [0.15, 0.2) is 23.1 Å². The Morgan fingerprint density at radius 3 is 2.25 bits per heavy atom. The highest BCUT2D eigenvalue weighted by atomic mass is 35.5. The van der Waals surface area contributed by atoms with Crippen molar-refractivity contribution in [3.63, 3.8) is 0 Å². The van der Waals surface area contributed by atoms with E-state index in [9.17, 15) is 12.3 Å². The van der Waals surface area contributed by atoms with E-state index in [-0.39, 0.29) is 10.0 Å². The van der Waals surface area contributed by atoms with E-state index in [4.69, 9.17) is 23.2 Å². The summed E-state index contributed by atoms with van der Waals surface area (Å²) >= 11 is 10.9. The summed E-state index contributed by atoms with van der Waals surface area (Å²) in [6.07, 6.45) is 0. The van der Waals surface area contributed by atoms with E-state index in [1.165, 1.54) is 6.07 Å². The lowest BCUT2D eigenvalue weighted by Gasteiger charge is -1.97. The van der Waals surface area contributed by atoms with Gasteiger partial charge in [0.15, 0.2) is 0 Å². The lowest BCUT2D eigenvalue weighted by Crippen LogP contribution is -1.92. The van der Waals surface area contributed by atoms with Gasteiger partial charge in [-0.3, -0.25) is 0 Å². The second-order valence-electron chi connectivity index (χ2n) is 2.01. The summed E-state index contributed by atoms with van der Waals surface area (Å²) in [6.45, 7) is 0. The summed E-state index contributed by atoms with van der Waals surface area (Å²) in [7, 11) is -4.74. The highest BCUT2D eigenvalue weighted by Crippen LogP contribution is 2.25. The molecule has 0 saturated carbocycles. The molecule has 6 heteroatoms. The SMILES string of the molecule is O=S(=O)(F)c1ccc(Cl)cc1Cl. The van der Waals surface area contributed by atoms with Gasteiger partial charge in [0.25, 0.3) is 0 Å². The van der Waals surface area contributed by atoms with E-state index in [0.717, 1.165) is 12.1 Å². The number of rotatable bonds is 1. The molecule has 0 atom stereocenters. The normalized spacial score (nSPS) is 11.6. The molecule has 1 rings (SSSR count). The minimum atomic E-state index is -4.74. The monoisotopic (exact) mass is 228 g/mol. The Morgan fingerprint density at radius 2 is 1.83 bits per heavy atom. The van der Waals surface area contributed by atoms with Crippen LogP contribution in [0.25, 0.3) is 0 Å². The molecule has 0 saturated heterocycles. The molecule has 0 amide bonds. The first-order valence-electron chi connectivity index (χ1n) is 2.81. The molecule has 0 aliphatic carbocycles. The van der Waals surface area contributed by atoms with Crippen molar-refractivity contribution in [2.24, 2.45) is 0 Å².